The number of nitrogens with zero attached hydrogens (tertiary/aromatic N) is 2. The van der Waals surface area contributed by atoms with Crippen molar-refractivity contribution >= 4 is 23.6 Å². The standard InChI is InChI=1S/C24H36F3N5O4/c1-22(2,3)17(30-21(36)24(25,26)27)20(35)32(6)16(9-13-7-8-13)19(34)29-15(12-28)10-14-11-23(4,5)31-18(14)33/h13-17H,7-11H2,1-6H3,(H,29,34)(H,30,36)(H,31,33)/t14-,15+,16+,17?/m1/s1. The van der Waals surface area contributed by atoms with E-state index < -0.39 is 58.9 Å². The van der Waals surface area contributed by atoms with E-state index in [1.54, 1.807) is 5.32 Å². The van der Waals surface area contributed by atoms with Crippen LogP contribution in [-0.4, -0.2) is 65.4 Å². The molecule has 202 valence electrons. The van der Waals surface area contributed by atoms with Crippen LogP contribution in [0.4, 0.5) is 13.2 Å². The molecule has 1 saturated heterocycles. The van der Waals surface area contributed by atoms with Crippen LogP contribution < -0.4 is 16.0 Å². The predicted molar refractivity (Wildman–Crippen MR) is 124 cm³/mol. The molecule has 0 bridgehead atoms. The van der Waals surface area contributed by atoms with Gasteiger partial charge in [0.2, 0.25) is 17.7 Å². The molecule has 0 aromatic heterocycles. The van der Waals surface area contributed by atoms with E-state index in [-0.39, 0.29) is 24.7 Å². The number of nitriles is 1. The highest BCUT2D eigenvalue weighted by molar-refractivity contribution is 5.93. The fourth-order valence-corrected chi connectivity index (χ4v) is 4.41. The first-order chi connectivity index (χ1) is 16.4. The van der Waals surface area contributed by atoms with Gasteiger partial charge in [-0.1, -0.05) is 33.6 Å². The molecule has 1 aliphatic heterocycles. The average Bonchev–Trinajstić information content (AvgIpc) is 3.51. The molecule has 4 amide bonds. The largest absolute Gasteiger partial charge is 0.471 e. The van der Waals surface area contributed by atoms with Crippen molar-refractivity contribution in [2.75, 3.05) is 7.05 Å². The fraction of sp³-hybridized carbons (Fsp3) is 0.792. The van der Waals surface area contributed by atoms with Gasteiger partial charge in [-0.05, 0) is 44.4 Å². The molecule has 2 aliphatic rings. The number of alkyl halides is 3. The lowest BCUT2D eigenvalue weighted by Crippen LogP contribution is -2.60. The zero-order valence-corrected chi connectivity index (χ0v) is 21.6. The number of carbonyl (C=O) groups excluding carboxylic acids is 4. The molecule has 9 nitrogen and oxygen atoms in total. The van der Waals surface area contributed by atoms with Crippen molar-refractivity contribution in [3.8, 4) is 6.07 Å². The van der Waals surface area contributed by atoms with Crippen LogP contribution in [0.25, 0.3) is 0 Å². The Kier molecular flexibility index (Phi) is 8.69. The van der Waals surface area contributed by atoms with Gasteiger partial charge in [0.15, 0.2) is 0 Å². The number of nitrogens with one attached hydrogen (secondary N) is 3. The molecule has 1 unspecified atom stereocenters. The summed E-state index contributed by atoms with van der Waals surface area (Å²) < 4.78 is 38.7. The Balaban J connectivity index is 2.19. The molecule has 1 aliphatic carbocycles. The van der Waals surface area contributed by atoms with Crippen LogP contribution in [-0.2, 0) is 19.2 Å². The minimum absolute atomic E-state index is 0.0948. The Morgan fingerprint density at radius 1 is 1.17 bits per heavy atom. The number of hydrogen-bond acceptors (Lipinski definition) is 5. The molecular weight excluding hydrogens is 479 g/mol. The topological polar surface area (TPSA) is 131 Å². The van der Waals surface area contributed by atoms with Gasteiger partial charge in [-0.25, -0.2) is 0 Å². The molecule has 2 fully saturated rings. The van der Waals surface area contributed by atoms with Gasteiger partial charge in [0.1, 0.15) is 18.1 Å². The normalized spacial score (nSPS) is 22.0. The Morgan fingerprint density at radius 3 is 2.17 bits per heavy atom. The second-order valence-corrected chi connectivity index (χ2v) is 11.6. The minimum Gasteiger partial charge on any atom is -0.351 e. The Labute approximate surface area is 209 Å². The first kappa shape index (κ1) is 29.4. The highest BCUT2D eigenvalue weighted by Gasteiger charge is 2.46. The average molecular weight is 516 g/mol. The molecular formula is C24H36F3N5O4. The van der Waals surface area contributed by atoms with E-state index in [4.69, 9.17) is 0 Å². The van der Waals surface area contributed by atoms with E-state index in [0.29, 0.717) is 6.42 Å². The van der Waals surface area contributed by atoms with Crippen LogP contribution in [0.15, 0.2) is 0 Å². The van der Waals surface area contributed by atoms with Crippen molar-refractivity contribution in [2.24, 2.45) is 17.3 Å². The molecule has 0 aromatic carbocycles. The summed E-state index contributed by atoms with van der Waals surface area (Å²) in [6, 6.07) is -1.59. The summed E-state index contributed by atoms with van der Waals surface area (Å²) in [4.78, 5) is 51.4. The lowest BCUT2D eigenvalue weighted by Gasteiger charge is -2.36. The van der Waals surface area contributed by atoms with Crippen molar-refractivity contribution in [1.29, 1.82) is 5.26 Å². The number of likely N-dealkylation sites (N-methyl/N-ethyl adjacent to an activating group) is 1. The summed E-state index contributed by atoms with van der Waals surface area (Å²) in [5, 5.41) is 16.8. The van der Waals surface area contributed by atoms with E-state index >= 15 is 0 Å². The van der Waals surface area contributed by atoms with Crippen molar-refractivity contribution in [3.05, 3.63) is 0 Å². The minimum atomic E-state index is -5.17. The second kappa shape index (κ2) is 10.6. The third kappa shape index (κ3) is 7.83. The van der Waals surface area contributed by atoms with Crippen LogP contribution >= 0.6 is 0 Å². The summed E-state index contributed by atoms with van der Waals surface area (Å²) >= 11 is 0. The summed E-state index contributed by atoms with van der Waals surface area (Å²) in [5.74, 6) is -4.22. The third-order valence-corrected chi connectivity index (χ3v) is 6.60. The van der Waals surface area contributed by atoms with E-state index in [9.17, 15) is 37.6 Å². The second-order valence-electron chi connectivity index (χ2n) is 11.6. The molecule has 0 radical (unpaired) electrons. The summed E-state index contributed by atoms with van der Waals surface area (Å²) in [6.45, 7) is 8.25. The van der Waals surface area contributed by atoms with Gasteiger partial charge in [0.05, 0.1) is 6.07 Å². The van der Waals surface area contributed by atoms with Crippen molar-refractivity contribution in [3.63, 3.8) is 0 Å². The number of amides is 4. The Hall–Kier alpha value is -2.84. The zero-order chi connectivity index (χ0) is 27.6. The van der Waals surface area contributed by atoms with Crippen molar-refractivity contribution in [2.45, 2.75) is 96.6 Å². The number of carbonyl (C=O) groups is 4. The summed E-state index contributed by atoms with van der Waals surface area (Å²) in [6.07, 6.45) is -2.62. The molecule has 4 atom stereocenters. The van der Waals surface area contributed by atoms with Gasteiger partial charge in [-0.15, -0.1) is 0 Å². The number of hydrogen-bond donors (Lipinski definition) is 3. The maximum atomic E-state index is 13.3. The third-order valence-electron chi connectivity index (χ3n) is 6.60. The first-order valence-corrected chi connectivity index (χ1v) is 12.0. The Bertz CT molecular complexity index is 918. The number of halogens is 3. The molecule has 0 aromatic rings. The van der Waals surface area contributed by atoms with E-state index in [0.717, 1.165) is 17.7 Å². The zero-order valence-electron chi connectivity index (χ0n) is 21.6. The lowest BCUT2D eigenvalue weighted by atomic mass is 9.85. The monoisotopic (exact) mass is 515 g/mol. The van der Waals surface area contributed by atoms with E-state index in [1.165, 1.54) is 27.8 Å². The van der Waals surface area contributed by atoms with Crippen molar-refractivity contribution < 1.29 is 32.3 Å². The van der Waals surface area contributed by atoms with Gasteiger partial charge >= 0.3 is 12.1 Å². The van der Waals surface area contributed by atoms with Gasteiger partial charge in [-0.2, -0.15) is 18.4 Å². The summed E-state index contributed by atoms with van der Waals surface area (Å²) in [5.41, 5.74) is -1.50. The fourth-order valence-electron chi connectivity index (χ4n) is 4.41. The maximum absolute atomic E-state index is 13.3. The Morgan fingerprint density at radius 2 is 1.75 bits per heavy atom. The highest BCUT2D eigenvalue weighted by atomic mass is 19.4. The molecule has 1 heterocycles. The van der Waals surface area contributed by atoms with Gasteiger partial charge in [0.25, 0.3) is 0 Å². The summed E-state index contributed by atoms with van der Waals surface area (Å²) in [7, 11) is 1.31. The first-order valence-electron chi connectivity index (χ1n) is 12.0. The predicted octanol–water partition coefficient (Wildman–Crippen LogP) is 2.02. The van der Waals surface area contributed by atoms with E-state index in [1.807, 2.05) is 19.9 Å². The molecule has 12 heteroatoms. The quantitative estimate of drug-likeness (QED) is 0.432. The van der Waals surface area contributed by atoms with Crippen LogP contribution in [0.3, 0.4) is 0 Å². The van der Waals surface area contributed by atoms with Gasteiger partial charge < -0.3 is 20.9 Å². The SMILES string of the molecule is CN(C(=O)C(NC(=O)C(F)(F)F)C(C)(C)C)[C@@H](CC1CC1)C(=O)N[C@H](C#N)C[C@@H]1CC(C)(C)NC1=O. The molecule has 1 saturated carbocycles. The van der Waals surface area contributed by atoms with Crippen LogP contribution in [0, 0.1) is 28.6 Å². The van der Waals surface area contributed by atoms with Gasteiger partial charge in [-0.3, -0.25) is 19.2 Å². The van der Waals surface area contributed by atoms with Crippen molar-refractivity contribution in [1.82, 2.24) is 20.9 Å². The smallest absolute Gasteiger partial charge is 0.351 e. The lowest BCUT2D eigenvalue weighted by molar-refractivity contribution is -0.176. The number of rotatable bonds is 9. The maximum Gasteiger partial charge on any atom is 0.471 e. The molecule has 0 spiro atoms. The van der Waals surface area contributed by atoms with E-state index in [2.05, 4.69) is 10.6 Å². The van der Waals surface area contributed by atoms with Crippen LogP contribution in [0.5, 0.6) is 0 Å². The van der Waals surface area contributed by atoms with Crippen LogP contribution in [0.1, 0.15) is 66.7 Å². The molecule has 36 heavy (non-hydrogen) atoms. The molecule has 2 rings (SSSR count). The highest BCUT2D eigenvalue weighted by Crippen LogP contribution is 2.35. The molecule has 3 N–H and O–H groups in total. The van der Waals surface area contributed by atoms with Gasteiger partial charge in [0, 0.05) is 18.5 Å². The van der Waals surface area contributed by atoms with Crippen LogP contribution in [0.2, 0.25) is 0 Å².